The zero-order chi connectivity index (χ0) is 21.7. The van der Waals surface area contributed by atoms with E-state index in [1.165, 1.54) is 0 Å². The van der Waals surface area contributed by atoms with E-state index in [1.807, 2.05) is 17.0 Å². The molecule has 2 heterocycles. The summed E-state index contributed by atoms with van der Waals surface area (Å²) in [6, 6.07) is 13.7. The maximum atomic E-state index is 13.2. The van der Waals surface area contributed by atoms with Crippen molar-refractivity contribution in [3.8, 4) is 0 Å². The zero-order valence-electron chi connectivity index (χ0n) is 17.7. The molecule has 0 aliphatic carbocycles. The number of rotatable bonds is 5. The highest BCUT2D eigenvalue weighted by Gasteiger charge is 2.23. The Morgan fingerprint density at radius 3 is 2.23 bits per heavy atom. The van der Waals surface area contributed by atoms with Gasteiger partial charge in [-0.2, -0.15) is 0 Å². The van der Waals surface area contributed by atoms with Crippen LogP contribution in [0.3, 0.4) is 0 Å². The minimum atomic E-state index is -3.76. The molecule has 166 valence electrons. The quantitative estimate of drug-likeness (QED) is 0.744. The van der Waals surface area contributed by atoms with Gasteiger partial charge in [-0.3, -0.25) is 9.52 Å². The Hall–Kier alpha value is -2.58. The van der Waals surface area contributed by atoms with Crippen molar-refractivity contribution < 1.29 is 13.2 Å². The molecular formula is C23H30N4O3S. The predicted molar refractivity (Wildman–Crippen MR) is 123 cm³/mol. The van der Waals surface area contributed by atoms with Crippen molar-refractivity contribution in [3.63, 3.8) is 0 Å². The number of amides is 1. The van der Waals surface area contributed by atoms with E-state index in [0.717, 1.165) is 70.6 Å². The number of carbonyl (C=O) groups is 1. The fourth-order valence-corrected chi connectivity index (χ4v) is 5.28. The first-order valence-corrected chi connectivity index (χ1v) is 12.5. The van der Waals surface area contributed by atoms with Crippen LogP contribution in [0.4, 0.5) is 11.4 Å². The first-order chi connectivity index (χ1) is 15.0. The van der Waals surface area contributed by atoms with E-state index in [0.29, 0.717) is 11.3 Å². The number of nitrogens with one attached hydrogen (secondary N) is 2. The highest BCUT2D eigenvalue weighted by atomic mass is 32.2. The van der Waals surface area contributed by atoms with Gasteiger partial charge in [-0.05, 0) is 43.2 Å². The molecule has 7 nitrogen and oxygen atoms in total. The molecular weight excluding hydrogens is 412 g/mol. The van der Waals surface area contributed by atoms with Crippen molar-refractivity contribution in [1.29, 1.82) is 0 Å². The summed E-state index contributed by atoms with van der Waals surface area (Å²) < 4.78 is 28.8. The fraction of sp³-hybridized carbons (Fsp3) is 0.435. The van der Waals surface area contributed by atoms with Crippen LogP contribution in [0, 0.1) is 0 Å². The van der Waals surface area contributed by atoms with Gasteiger partial charge in [-0.25, -0.2) is 8.42 Å². The molecule has 0 radical (unpaired) electrons. The Bertz CT molecular complexity index is 997. The van der Waals surface area contributed by atoms with E-state index >= 15 is 0 Å². The monoisotopic (exact) mass is 442 g/mol. The molecule has 0 atom stereocenters. The summed E-state index contributed by atoms with van der Waals surface area (Å²) in [5.41, 5.74) is 1.77. The van der Waals surface area contributed by atoms with Crippen molar-refractivity contribution in [3.05, 3.63) is 54.1 Å². The number of carbonyl (C=O) groups excluding carboxylic acids is 1. The maximum Gasteiger partial charge on any atom is 0.261 e. The molecule has 2 fully saturated rings. The first-order valence-electron chi connectivity index (χ1n) is 11.0. The van der Waals surface area contributed by atoms with Gasteiger partial charge in [0.05, 0.1) is 16.3 Å². The second-order valence-electron chi connectivity index (χ2n) is 8.09. The van der Waals surface area contributed by atoms with Gasteiger partial charge in [0, 0.05) is 44.8 Å². The molecule has 8 heteroatoms. The van der Waals surface area contributed by atoms with Gasteiger partial charge < -0.3 is 15.1 Å². The Morgan fingerprint density at radius 2 is 1.55 bits per heavy atom. The second kappa shape index (κ2) is 9.70. The molecule has 1 amide bonds. The molecule has 0 saturated carbocycles. The Balaban J connectivity index is 1.67. The van der Waals surface area contributed by atoms with Gasteiger partial charge in [0.15, 0.2) is 0 Å². The van der Waals surface area contributed by atoms with Crippen LogP contribution in [0.1, 0.15) is 36.0 Å². The number of likely N-dealkylation sites (tertiary alicyclic amines) is 1. The molecule has 31 heavy (non-hydrogen) atoms. The Kier molecular flexibility index (Phi) is 6.77. The molecule has 2 aliphatic heterocycles. The Labute approximate surface area is 184 Å². The molecule has 0 unspecified atom stereocenters. The first kappa shape index (κ1) is 21.6. The van der Waals surface area contributed by atoms with Crippen LogP contribution in [0.15, 0.2) is 53.4 Å². The normalized spacial score (nSPS) is 17.8. The van der Waals surface area contributed by atoms with Crippen LogP contribution in [-0.2, 0) is 10.0 Å². The third-order valence-electron chi connectivity index (χ3n) is 5.89. The lowest BCUT2D eigenvalue weighted by molar-refractivity contribution is 0.0761. The number of nitrogens with zero attached hydrogens (tertiary/aromatic N) is 2. The van der Waals surface area contributed by atoms with Crippen LogP contribution >= 0.6 is 0 Å². The number of hydrogen-bond acceptors (Lipinski definition) is 5. The smallest absolute Gasteiger partial charge is 0.261 e. The largest absolute Gasteiger partial charge is 0.367 e. The van der Waals surface area contributed by atoms with E-state index in [1.54, 1.807) is 36.4 Å². The van der Waals surface area contributed by atoms with E-state index in [2.05, 4.69) is 14.9 Å². The lowest BCUT2D eigenvalue weighted by atomic mass is 10.1. The van der Waals surface area contributed by atoms with Crippen LogP contribution < -0.4 is 14.9 Å². The number of piperazine rings is 1. The number of hydrogen-bond donors (Lipinski definition) is 2. The summed E-state index contributed by atoms with van der Waals surface area (Å²) in [7, 11) is -3.76. The fourth-order valence-electron chi connectivity index (χ4n) is 4.19. The standard InChI is InChI=1S/C23H30N4O3S/c28-23(27-14-6-1-2-7-15-27)19-10-11-22(26-16-12-24-13-17-26)21(18-19)25-31(29,30)20-8-4-3-5-9-20/h3-5,8-11,18,24-25H,1-2,6-7,12-17H2. The third kappa shape index (κ3) is 5.19. The van der Waals surface area contributed by atoms with E-state index in [9.17, 15) is 13.2 Å². The summed E-state index contributed by atoms with van der Waals surface area (Å²) in [5, 5.41) is 3.32. The maximum absolute atomic E-state index is 13.2. The van der Waals surface area contributed by atoms with Gasteiger partial charge in [-0.15, -0.1) is 0 Å². The van der Waals surface area contributed by atoms with Crippen molar-refractivity contribution in [2.75, 3.05) is 48.9 Å². The minimum absolute atomic E-state index is 0.0334. The summed E-state index contributed by atoms with van der Waals surface area (Å²) >= 11 is 0. The zero-order valence-corrected chi connectivity index (χ0v) is 18.5. The highest BCUT2D eigenvalue weighted by molar-refractivity contribution is 7.92. The van der Waals surface area contributed by atoms with Crippen molar-refractivity contribution >= 4 is 27.3 Å². The van der Waals surface area contributed by atoms with Gasteiger partial charge in [0.2, 0.25) is 0 Å². The van der Waals surface area contributed by atoms with Crippen LogP contribution in [0.5, 0.6) is 0 Å². The highest BCUT2D eigenvalue weighted by Crippen LogP contribution is 2.30. The number of anilines is 2. The summed E-state index contributed by atoms with van der Waals surface area (Å²) in [4.78, 5) is 17.4. The van der Waals surface area contributed by atoms with Gasteiger partial charge in [0.25, 0.3) is 15.9 Å². The van der Waals surface area contributed by atoms with Gasteiger partial charge in [0.1, 0.15) is 0 Å². The minimum Gasteiger partial charge on any atom is -0.367 e. The molecule has 2 N–H and O–H groups in total. The third-order valence-corrected chi connectivity index (χ3v) is 7.27. The van der Waals surface area contributed by atoms with Crippen LogP contribution in [0.2, 0.25) is 0 Å². The van der Waals surface area contributed by atoms with Gasteiger partial charge in [-0.1, -0.05) is 31.0 Å². The molecule has 2 aromatic rings. The molecule has 2 aromatic carbocycles. The Morgan fingerprint density at radius 1 is 0.871 bits per heavy atom. The molecule has 0 aromatic heterocycles. The number of sulfonamides is 1. The van der Waals surface area contributed by atoms with Crippen LogP contribution in [-0.4, -0.2) is 58.5 Å². The van der Waals surface area contributed by atoms with Crippen molar-refractivity contribution in [2.24, 2.45) is 0 Å². The summed E-state index contributed by atoms with van der Waals surface area (Å²) in [6.45, 7) is 4.73. The molecule has 2 saturated heterocycles. The predicted octanol–water partition coefficient (Wildman–Crippen LogP) is 2.91. The van der Waals surface area contributed by atoms with Crippen molar-refractivity contribution in [1.82, 2.24) is 10.2 Å². The summed E-state index contributed by atoms with van der Waals surface area (Å²) in [5.74, 6) is -0.0334. The van der Waals surface area contributed by atoms with E-state index in [4.69, 9.17) is 0 Å². The van der Waals surface area contributed by atoms with Crippen molar-refractivity contribution in [2.45, 2.75) is 30.6 Å². The molecule has 0 spiro atoms. The lowest BCUT2D eigenvalue weighted by Gasteiger charge is -2.31. The average Bonchev–Trinajstić information content (AvgIpc) is 3.09. The molecule has 0 bridgehead atoms. The van der Waals surface area contributed by atoms with Crippen LogP contribution in [0.25, 0.3) is 0 Å². The lowest BCUT2D eigenvalue weighted by Crippen LogP contribution is -2.43. The second-order valence-corrected chi connectivity index (χ2v) is 9.78. The molecule has 4 rings (SSSR count). The summed E-state index contributed by atoms with van der Waals surface area (Å²) in [6.07, 6.45) is 4.32. The SMILES string of the molecule is O=C(c1ccc(N2CCNCC2)c(NS(=O)(=O)c2ccccc2)c1)N1CCCCCC1. The van der Waals surface area contributed by atoms with E-state index < -0.39 is 10.0 Å². The average molecular weight is 443 g/mol. The topological polar surface area (TPSA) is 81.8 Å². The van der Waals surface area contributed by atoms with Gasteiger partial charge >= 0.3 is 0 Å². The molecule has 2 aliphatic rings. The van der Waals surface area contributed by atoms with E-state index in [-0.39, 0.29) is 10.8 Å². The number of benzene rings is 2.